The number of aromatic nitrogens is 1. The van der Waals surface area contributed by atoms with Gasteiger partial charge in [-0.05, 0) is 32.6 Å². The molecule has 2 rings (SSSR count). The molecule has 1 aliphatic heterocycles. The first kappa shape index (κ1) is 16.9. The van der Waals surface area contributed by atoms with Gasteiger partial charge in [-0.1, -0.05) is 13.8 Å². The van der Waals surface area contributed by atoms with Crippen molar-refractivity contribution in [1.29, 1.82) is 0 Å². The summed E-state index contributed by atoms with van der Waals surface area (Å²) in [6.07, 6.45) is 1.36. The molecule has 0 spiro atoms. The normalized spacial score (nSPS) is 16.1. The van der Waals surface area contributed by atoms with Crippen molar-refractivity contribution in [3.63, 3.8) is 0 Å². The number of likely N-dealkylation sites (tertiary alicyclic amines) is 1. The molecule has 1 amide bonds. The van der Waals surface area contributed by atoms with E-state index in [9.17, 15) is 9.59 Å². The van der Waals surface area contributed by atoms with E-state index in [1.54, 1.807) is 0 Å². The van der Waals surface area contributed by atoms with Gasteiger partial charge in [-0.25, -0.2) is 4.98 Å². The van der Waals surface area contributed by atoms with Crippen LogP contribution in [-0.2, 0) is 9.53 Å². The third-order valence-corrected chi connectivity index (χ3v) is 4.88. The zero-order valence-corrected chi connectivity index (χ0v) is 14.5. The quantitative estimate of drug-likeness (QED) is 0.799. The Morgan fingerprint density at radius 3 is 2.55 bits per heavy atom. The third kappa shape index (κ3) is 3.66. The van der Waals surface area contributed by atoms with Crippen LogP contribution in [0, 0.1) is 12.8 Å². The minimum absolute atomic E-state index is 0.0524. The van der Waals surface area contributed by atoms with E-state index >= 15 is 0 Å². The van der Waals surface area contributed by atoms with Gasteiger partial charge in [-0.3, -0.25) is 9.59 Å². The van der Waals surface area contributed by atoms with Crippen molar-refractivity contribution in [2.45, 2.75) is 46.5 Å². The Bertz CT molecular complexity index is 546. The van der Waals surface area contributed by atoms with Crippen LogP contribution < -0.4 is 0 Å². The zero-order chi connectivity index (χ0) is 16.3. The number of esters is 1. The van der Waals surface area contributed by atoms with Crippen LogP contribution >= 0.6 is 11.3 Å². The highest BCUT2D eigenvalue weighted by molar-refractivity contribution is 7.13. The van der Waals surface area contributed by atoms with Gasteiger partial charge in [0.1, 0.15) is 4.88 Å². The first-order valence-corrected chi connectivity index (χ1v) is 8.68. The maximum Gasteiger partial charge on any atom is 0.309 e. The van der Waals surface area contributed by atoms with Crippen molar-refractivity contribution < 1.29 is 14.3 Å². The molecule has 1 saturated heterocycles. The highest BCUT2D eigenvalue weighted by atomic mass is 32.1. The first-order chi connectivity index (χ1) is 10.4. The number of piperidine rings is 1. The molecule has 2 heterocycles. The van der Waals surface area contributed by atoms with E-state index < -0.39 is 0 Å². The van der Waals surface area contributed by atoms with E-state index in [0.717, 1.165) is 15.6 Å². The number of ether oxygens (including phenoxy) is 1. The lowest BCUT2D eigenvalue weighted by molar-refractivity contribution is -0.149. The van der Waals surface area contributed by atoms with Crippen LogP contribution in [0.1, 0.15) is 59.9 Å². The average Bonchev–Trinajstić information content (AvgIpc) is 2.89. The molecule has 0 unspecified atom stereocenters. The Morgan fingerprint density at radius 1 is 1.36 bits per heavy atom. The predicted molar refractivity (Wildman–Crippen MR) is 86.2 cm³/mol. The molecule has 1 aromatic heterocycles. The average molecular weight is 324 g/mol. The van der Waals surface area contributed by atoms with Crippen molar-refractivity contribution >= 4 is 23.2 Å². The second-order valence-electron chi connectivity index (χ2n) is 5.92. The Morgan fingerprint density at radius 2 is 2.00 bits per heavy atom. The summed E-state index contributed by atoms with van der Waals surface area (Å²) in [6.45, 7) is 9.48. The van der Waals surface area contributed by atoms with Crippen molar-refractivity contribution in [3.05, 3.63) is 15.6 Å². The number of nitrogens with zero attached hydrogens (tertiary/aromatic N) is 2. The fourth-order valence-corrected chi connectivity index (χ4v) is 3.75. The topological polar surface area (TPSA) is 59.5 Å². The van der Waals surface area contributed by atoms with E-state index in [2.05, 4.69) is 18.8 Å². The van der Waals surface area contributed by atoms with Gasteiger partial charge in [0.05, 0.1) is 23.2 Å². The predicted octanol–water partition coefficient (Wildman–Crippen LogP) is 2.99. The summed E-state index contributed by atoms with van der Waals surface area (Å²) in [5, 5.41) is 0.924. The van der Waals surface area contributed by atoms with E-state index in [1.165, 1.54) is 11.3 Å². The molecule has 1 fully saturated rings. The number of carbonyl (C=O) groups excluding carboxylic acids is 2. The number of thiazole rings is 1. The molecule has 22 heavy (non-hydrogen) atoms. The Kier molecular flexibility index (Phi) is 5.56. The minimum Gasteiger partial charge on any atom is -0.466 e. The highest BCUT2D eigenvalue weighted by Gasteiger charge is 2.30. The van der Waals surface area contributed by atoms with Crippen molar-refractivity contribution in [3.8, 4) is 0 Å². The maximum atomic E-state index is 12.7. The molecule has 0 atom stereocenters. The standard InChI is InChI=1S/C16H24N2O3S/c1-5-21-16(20)12-6-8-18(9-7-12)15(19)14-13(10(2)3)17-11(4)22-14/h10,12H,5-9H2,1-4H3. The minimum atomic E-state index is -0.133. The number of hydrogen-bond acceptors (Lipinski definition) is 5. The van der Waals surface area contributed by atoms with Crippen LogP contribution in [0.5, 0.6) is 0 Å². The summed E-state index contributed by atoms with van der Waals surface area (Å²) in [7, 11) is 0. The lowest BCUT2D eigenvalue weighted by Crippen LogP contribution is -2.40. The van der Waals surface area contributed by atoms with Crippen molar-refractivity contribution in [2.24, 2.45) is 5.92 Å². The molecule has 0 N–H and O–H groups in total. The lowest BCUT2D eigenvalue weighted by Gasteiger charge is -2.30. The van der Waals surface area contributed by atoms with Gasteiger partial charge in [0.25, 0.3) is 5.91 Å². The van der Waals surface area contributed by atoms with Crippen LogP contribution in [-0.4, -0.2) is 41.5 Å². The maximum absolute atomic E-state index is 12.7. The van der Waals surface area contributed by atoms with Crippen molar-refractivity contribution in [1.82, 2.24) is 9.88 Å². The number of carbonyl (C=O) groups is 2. The summed E-state index contributed by atoms with van der Waals surface area (Å²) in [5.74, 6) is 0.0837. The van der Waals surface area contributed by atoms with E-state index in [-0.39, 0.29) is 23.7 Å². The molecule has 5 nitrogen and oxygen atoms in total. The smallest absolute Gasteiger partial charge is 0.309 e. The highest BCUT2D eigenvalue weighted by Crippen LogP contribution is 2.28. The van der Waals surface area contributed by atoms with E-state index in [0.29, 0.717) is 32.5 Å². The molecule has 6 heteroatoms. The van der Waals surface area contributed by atoms with Crippen LogP contribution in [0.15, 0.2) is 0 Å². The number of rotatable bonds is 4. The van der Waals surface area contributed by atoms with Crippen molar-refractivity contribution in [2.75, 3.05) is 19.7 Å². The fourth-order valence-electron chi connectivity index (χ4n) is 2.71. The lowest BCUT2D eigenvalue weighted by atomic mass is 9.96. The molecule has 1 aliphatic rings. The molecular formula is C16H24N2O3S. The second kappa shape index (κ2) is 7.22. The van der Waals surface area contributed by atoms with E-state index in [4.69, 9.17) is 4.74 Å². The molecule has 1 aromatic rings. The Hall–Kier alpha value is -1.43. The monoisotopic (exact) mass is 324 g/mol. The molecule has 0 aliphatic carbocycles. The van der Waals surface area contributed by atoms with Crippen LogP contribution in [0.25, 0.3) is 0 Å². The summed E-state index contributed by atoms with van der Waals surface area (Å²) < 4.78 is 5.07. The number of aryl methyl sites for hydroxylation is 1. The number of amides is 1. The fraction of sp³-hybridized carbons (Fsp3) is 0.688. The Balaban J connectivity index is 2.02. The van der Waals surface area contributed by atoms with E-state index in [1.807, 2.05) is 18.7 Å². The van der Waals surface area contributed by atoms with Gasteiger partial charge in [-0.15, -0.1) is 11.3 Å². The largest absolute Gasteiger partial charge is 0.466 e. The SMILES string of the molecule is CCOC(=O)C1CCN(C(=O)c2sc(C)nc2C(C)C)CC1. The summed E-state index contributed by atoms with van der Waals surface area (Å²) in [5.41, 5.74) is 0.889. The van der Waals surface area contributed by atoms with Gasteiger partial charge in [0, 0.05) is 13.1 Å². The Labute approximate surface area is 135 Å². The van der Waals surface area contributed by atoms with Gasteiger partial charge < -0.3 is 9.64 Å². The van der Waals surface area contributed by atoms with Crippen LogP contribution in [0.4, 0.5) is 0 Å². The zero-order valence-electron chi connectivity index (χ0n) is 13.7. The third-order valence-electron chi connectivity index (χ3n) is 3.90. The molecule has 0 saturated carbocycles. The first-order valence-electron chi connectivity index (χ1n) is 7.87. The number of hydrogen-bond donors (Lipinski definition) is 0. The van der Waals surface area contributed by atoms with Crippen LogP contribution in [0.3, 0.4) is 0 Å². The molecule has 0 aromatic carbocycles. The van der Waals surface area contributed by atoms with Crippen LogP contribution in [0.2, 0.25) is 0 Å². The van der Waals surface area contributed by atoms with Gasteiger partial charge in [0.2, 0.25) is 0 Å². The van der Waals surface area contributed by atoms with Gasteiger partial charge in [-0.2, -0.15) is 0 Å². The summed E-state index contributed by atoms with van der Waals surface area (Å²) in [6, 6.07) is 0. The van der Waals surface area contributed by atoms with Gasteiger partial charge in [0.15, 0.2) is 0 Å². The molecule has 122 valence electrons. The summed E-state index contributed by atoms with van der Waals surface area (Å²) >= 11 is 1.47. The van der Waals surface area contributed by atoms with Gasteiger partial charge >= 0.3 is 5.97 Å². The molecular weight excluding hydrogens is 300 g/mol. The molecule has 0 bridgehead atoms. The molecule has 0 radical (unpaired) electrons. The summed E-state index contributed by atoms with van der Waals surface area (Å²) in [4.78, 5) is 31.6. The second-order valence-corrected chi connectivity index (χ2v) is 7.12.